The summed E-state index contributed by atoms with van der Waals surface area (Å²) in [5, 5.41) is 3.18. The number of anilines is 1. The average Bonchev–Trinajstić information content (AvgIpc) is 2.13. The molecule has 2 nitrogen and oxygen atoms in total. The molecule has 0 unspecified atom stereocenters. The highest BCUT2D eigenvalue weighted by Gasteiger charge is 2.10. The van der Waals surface area contributed by atoms with E-state index in [9.17, 15) is 4.39 Å². The second kappa shape index (κ2) is 4.51. The quantitative estimate of drug-likeness (QED) is 0.828. The van der Waals surface area contributed by atoms with E-state index in [1.807, 2.05) is 0 Å². The lowest BCUT2D eigenvalue weighted by molar-refractivity contribution is 0.411. The minimum atomic E-state index is -0.286. The van der Waals surface area contributed by atoms with Gasteiger partial charge in [-0.3, -0.25) is 0 Å². The first-order valence-corrected chi connectivity index (χ1v) is 4.99. The van der Waals surface area contributed by atoms with Gasteiger partial charge in [0, 0.05) is 24.4 Å². The largest absolute Gasteiger partial charge is 0.497 e. The zero-order chi connectivity index (χ0) is 11.5. The van der Waals surface area contributed by atoms with E-state index >= 15 is 0 Å². The van der Waals surface area contributed by atoms with E-state index in [0.717, 1.165) is 12.2 Å². The molecule has 0 aromatic heterocycles. The van der Waals surface area contributed by atoms with Crippen molar-refractivity contribution in [1.82, 2.24) is 0 Å². The number of hydrogen-bond acceptors (Lipinski definition) is 2. The SMILES string of the molecule is COc1cc(F)cc(NCC(C)(C)C)c1. The van der Waals surface area contributed by atoms with Crippen LogP contribution >= 0.6 is 0 Å². The third-order valence-electron chi connectivity index (χ3n) is 1.93. The molecule has 1 aromatic rings. The molecule has 0 aliphatic rings. The van der Waals surface area contributed by atoms with Crippen molar-refractivity contribution < 1.29 is 9.13 Å². The first-order valence-electron chi connectivity index (χ1n) is 4.99. The molecule has 0 saturated heterocycles. The third-order valence-corrected chi connectivity index (χ3v) is 1.93. The van der Waals surface area contributed by atoms with E-state index in [4.69, 9.17) is 4.74 Å². The summed E-state index contributed by atoms with van der Waals surface area (Å²) in [7, 11) is 1.53. The number of halogens is 1. The molecule has 1 aromatic carbocycles. The summed E-state index contributed by atoms with van der Waals surface area (Å²) in [6.45, 7) is 7.16. The highest BCUT2D eigenvalue weighted by molar-refractivity contribution is 5.48. The van der Waals surface area contributed by atoms with Crippen molar-refractivity contribution in [3.8, 4) is 5.75 Å². The van der Waals surface area contributed by atoms with Gasteiger partial charge in [-0.05, 0) is 11.5 Å². The van der Waals surface area contributed by atoms with Crippen molar-refractivity contribution in [2.45, 2.75) is 20.8 Å². The lowest BCUT2D eigenvalue weighted by Gasteiger charge is -2.19. The van der Waals surface area contributed by atoms with Crippen LogP contribution in [-0.2, 0) is 0 Å². The molecule has 0 amide bonds. The van der Waals surface area contributed by atoms with Crippen molar-refractivity contribution in [1.29, 1.82) is 0 Å². The number of benzene rings is 1. The average molecular weight is 211 g/mol. The van der Waals surface area contributed by atoms with Gasteiger partial charge in [-0.1, -0.05) is 20.8 Å². The number of nitrogens with one attached hydrogen (secondary N) is 1. The molecule has 0 radical (unpaired) electrons. The Kier molecular flexibility index (Phi) is 3.56. The van der Waals surface area contributed by atoms with E-state index in [1.54, 1.807) is 6.07 Å². The fourth-order valence-corrected chi connectivity index (χ4v) is 1.15. The Morgan fingerprint density at radius 1 is 1.27 bits per heavy atom. The fraction of sp³-hybridized carbons (Fsp3) is 0.500. The maximum Gasteiger partial charge on any atom is 0.128 e. The van der Waals surface area contributed by atoms with Gasteiger partial charge in [0.2, 0.25) is 0 Å². The van der Waals surface area contributed by atoms with Gasteiger partial charge in [0.15, 0.2) is 0 Å². The normalized spacial score (nSPS) is 11.3. The predicted molar refractivity (Wildman–Crippen MR) is 60.9 cm³/mol. The second-order valence-electron chi connectivity index (χ2n) is 4.79. The highest BCUT2D eigenvalue weighted by atomic mass is 19.1. The molecule has 0 bridgehead atoms. The molecule has 0 aliphatic heterocycles. The van der Waals surface area contributed by atoms with Gasteiger partial charge < -0.3 is 10.1 Å². The van der Waals surface area contributed by atoms with Gasteiger partial charge in [0.1, 0.15) is 11.6 Å². The zero-order valence-electron chi connectivity index (χ0n) is 9.73. The van der Waals surface area contributed by atoms with E-state index < -0.39 is 0 Å². The van der Waals surface area contributed by atoms with Crippen molar-refractivity contribution in [3.05, 3.63) is 24.0 Å². The van der Waals surface area contributed by atoms with Gasteiger partial charge in [0.05, 0.1) is 7.11 Å². The Balaban J connectivity index is 2.73. The summed E-state index contributed by atoms with van der Waals surface area (Å²) in [6.07, 6.45) is 0. The summed E-state index contributed by atoms with van der Waals surface area (Å²) in [5.41, 5.74) is 0.918. The first-order chi connectivity index (χ1) is 6.90. The summed E-state index contributed by atoms with van der Waals surface area (Å²) in [4.78, 5) is 0. The summed E-state index contributed by atoms with van der Waals surface area (Å²) in [6, 6.07) is 4.62. The lowest BCUT2D eigenvalue weighted by Crippen LogP contribution is -2.19. The van der Waals surface area contributed by atoms with Crippen LogP contribution in [0, 0.1) is 11.2 Å². The number of methoxy groups -OCH3 is 1. The van der Waals surface area contributed by atoms with Crippen LogP contribution in [0.25, 0.3) is 0 Å². The summed E-state index contributed by atoms with van der Waals surface area (Å²) < 4.78 is 18.1. The molecule has 3 heteroatoms. The second-order valence-corrected chi connectivity index (χ2v) is 4.79. The molecule has 15 heavy (non-hydrogen) atoms. The Labute approximate surface area is 90.4 Å². The van der Waals surface area contributed by atoms with E-state index in [0.29, 0.717) is 5.75 Å². The fourth-order valence-electron chi connectivity index (χ4n) is 1.15. The minimum Gasteiger partial charge on any atom is -0.497 e. The standard InChI is InChI=1S/C12H18FNO/c1-12(2,3)8-14-10-5-9(13)6-11(7-10)15-4/h5-7,14H,8H2,1-4H3. The van der Waals surface area contributed by atoms with Crippen LogP contribution in [0.2, 0.25) is 0 Å². The Hall–Kier alpha value is -1.25. The minimum absolute atomic E-state index is 0.166. The lowest BCUT2D eigenvalue weighted by atomic mass is 9.97. The molecule has 1 N–H and O–H groups in total. The Bertz CT molecular complexity index is 331. The third kappa shape index (κ3) is 4.19. The summed E-state index contributed by atoms with van der Waals surface area (Å²) >= 11 is 0. The summed E-state index contributed by atoms with van der Waals surface area (Å²) in [5.74, 6) is 0.247. The molecule has 0 heterocycles. The van der Waals surface area contributed by atoms with Crippen molar-refractivity contribution in [3.63, 3.8) is 0 Å². The van der Waals surface area contributed by atoms with Crippen LogP contribution in [-0.4, -0.2) is 13.7 Å². The van der Waals surface area contributed by atoms with Gasteiger partial charge in [-0.2, -0.15) is 0 Å². The molecule has 0 spiro atoms. The highest BCUT2D eigenvalue weighted by Crippen LogP contribution is 2.21. The molecule has 84 valence electrons. The van der Waals surface area contributed by atoms with Crippen LogP contribution in [0.15, 0.2) is 18.2 Å². The number of ether oxygens (including phenoxy) is 1. The molecule has 1 rings (SSSR count). The number of rotatable bonds is 3. The number of hydrogen-bond donors (Lipinski definition) is 1. The Morgan fingerprint density at radius 3 is 2.47 bits per heavy atom. The maximum absolute atomic E-state index is 13.1. The first kappa shape index (κ1) is 11.8. The van der Waals surface area contributed by atoms with Gasteiger partial charge in [-0.15, -0.1) is 0 Å². The van der Waals surface area contributed by atoms with Crippen molar-refractivity contribution in [2.75, 3.05) is 19.0 Å². The van der Waals surface area contributed by atoms with E-state index in [1.165, 1.54) is 19.2 Å². The monoisotopic (exact) mass is 211 g/mol. The van der Waals surface area contributed by atoms with Crippen LogP contribution in [0.4, 0.5) is 10.1 Å². The van der Waals surface area contributed by atoms with Crippen LogP contribution in [0.1, 0.15) is 20.8 Å². The van der Waals surface area contributed by atoms with Crippen LogP contribution in [0.5, 0.6) is 5.75 Å². The Morgan fingerprint density at radius 2 is 1.93 bits per heavy atom. The van der Waals surface area contributed by atoms with Crippen LogP contribution < -0.4 is 10.1 Å². The van der Waals surface area contributed by atoms with Gasteiger partial charge >= 0.3 is 0 Å². The smallest absolute Gasteiger partial charge is 0.128 e. The molecule has 0 atom stereocenters. The molecule has 0 aliphatic carbocycles. The maximum atomic E-state index is 13.1. The van der Waals surface area contributed by atoms with E-state index in [2.05, 4.69) is 26.1 Å². The molecular weight excluding hydrogens is 193 g/mol. The zero-order valence-corrected chi connectivity index (χ0v) is 9.73. The van der Waals surface area contributed by atoms with Crippen LogP contribution in [0.3, 0.4) is 0 Å². The topological polar surface area (TPSA) is 21.3 Å². The van der Waals surface area contributed by atoms with Gasteiger partial charge in [-0.25, -0.2) is 4.39 Å². The van der Waals surface area contributed by atoms with Crippen molar-refractivity contribution in [2.24, 2.45) is 5.41 Å². The van der Waals surface area contributed by atoms with Gasteiger partial charge in [0.25, 0.3) is 0 Å². The predicted octanol–water partition coefficient (Wildman–Crippen LogP) is 3.29. The molecule has 0 fully saturated rings. The van der Waals surface area contributed by atoms with Crippen molar-refractivity contribution >= 4 is 5.69 Å². The molecule has 0 saturated carbocycles. The molecular formula is C12H18FNO. The van der Waals surface area contributed by atoms with E-state index in [-0.39, 0.29) is 11.2 Å².